The first-order valence-electron chi connectivity index (χ1n) is 21.2. The third-order valence-corrected chi connectivity index (χ3v) is 12.4. The molecule has 13 rings (SSSR count). The highest BCUT2D eigenvalue weighted by Gasteiger charge is 2.24. The van der Waals surface area contributed by atoms with Gasteiger partial charge in [0.1, 0.15) is 11.2 Å². The van der Waals surface area contributed by atoms with Crippen molar-refractivity contribution in [2.24, 2.45) is 0 Å². The fourth-order valence-electron chi connectivity index (χ4n) is 9.45. The van der Waals surface area contributed by atoms with Gasteiger partial charge >= 0.3 is 0 Å². The highest BCUT2D eigenvalue weighted by molar-refractivity contribution is 6.18. The van der Waals surface area contributed by atoms with Crippen molar-refractivity contribution < 1.29 is 4.42 Å². The van der Waals surface area contributed by atoms with Crippen molar-refractivity contribution in [1.29, 1.82) is 0 Å². The maximum atomic E-state index is 6.35. The molecule has 0 aliphatic heterocycles. The minimum atomic E-state index is 0.568. The zero-order valence-electron chi connectivity index (χ0n) is 33.8. The van der Waals surface area contributed by atoms with Gasteiger partial charge in [-0.1, -0.05) is 152 Å². The molecule has 0 fully saturated rings. The van der Waals surface area contributed by atoms with Gasteiger partial charge in [-0.3, -0.25) is 0 Å². The van der Waals surface area contributed by atoms with Crippen LogP contribution in [-0.2, 0) is 0 Å². The minimum Gasteiger partial charge on any atom is -0.456 e. The van der Waals surface area contributed by atoms with E-state index in [1.165, 1.54) is 21.5 Å². The van der Waals surface area contributed by atoms with Crippen LogP contribution >= 0.6 is 0 Å². The average molecular weight is 806 g/mol. The van der Waals surface area contributed by atoms with Crippen LogP contribution in [0.25, 0.3) is 128 Å². The SMILES string of the molecule is c1ccc(-c2nc(-c3cc(-c4ccccc4)c(-n4c5ccccc5c5cc6[nH]c7ccccc7c6cc54)c(-c4ccccc4)c3)nc(-c3ccc4c(c3)oc3ccccc34)n2)cc1. The van der Waals surface area contributed by atoms with Gasteiger partial charge in [0.05, 0.1) is 16.7 Å². The van der Waals surface area contributed by atoms with Crippen molar-refractivity contribution in [3.8, 4) is 62.1 Å². The number of hydrogen-bond acceptors (Lipinski definition) is 4. The standard InChI is InChI=1S/C57H35N5O/c1-4-16-35(17-5-1)44-30-39(57-60-55(37-20-8-3-9-21-37)59-56(61-57)38-28-29-43-42-24-12-15-27-52(42)63-53(43)32-38)31-45(36-18-6-2-7-19-36)54(44)62-50-26-14-11-23-41(50)47-33-49-46(34-51(47)62)40-22-10-13-25-48(40)58-49/h1-34,58H. The summed E-state index contributed by atoms with van der Waals surface area (Å²) in [6.45, 7) is 0. The van der Waals surface area contributed by atoms with Crippen LogP contribution in [0.1, 0.15) is 0 Å². The number of benzene rings is 9. The normalized spacial score (nSPS) is 11.8. The van der Waals surface area contributed by atoms with E-state index in [4.69, 9.17) is 19.4 Å². The molecular formula is C57H35N5O. The molecule has 0 unspecified atom stereocenters. The van der Waals surface area contributed by atoms with Crippen LogP contribution in [0, 0.1) is 0 Å². The zero-order valence-corrected chi connectivity index (χ0v) is 33.8. The van der Waals surface area contributed by atoms with Gasteiger partial charge in [0.25, 0.3) is 0 Å². The van der Waals surface area contributed by atoms with E-state index in [0.29, 0.717) is 17.5 Å². The molecular weight excluding hydrogens is 771 g/mol. The Morgan fingerprint density at radius 3 is 1.60 bits per heavy atom. The third-order valence-electron chi connectivity index (χ3n) is 12.4. The highest BCUT2D eigenvalue weighted by atomic mass is 16.3. The van der Waals surface area contributed by atoms with Crippen molar-refractivity contribution in [2.45, 2.75) is 0 Å². The monoisotopic (exact) mass is 805 g/mol. The van der Waals surface area contributed by atoms with Gasteiger partial charge in [-0.15, -0.1) is 0 Å². The summed E-state index contributed by atoms with van der Waals surface area (Å²) in [4.78, 5) is 19.4. The number of furan rings is 1. The van der Waals surface area contributed by atoms with Gasteiger partial charge in [-0.2, -0.15) is 0 Å². The summed E-state index contributed by atoms with van der Waals surface area (Å²) in [5, 5.41) is 6.89. The molecule has 1 N–H and O–H groups in total. The van der Waals surface area contributed by atoms with Crippen LogP contribution in [-0.4, -0.2) is 24.5 Å². The van der Waals surface area contributed by atoms with Crippen LogP contribution in [0.2, 0.25) is 0 Å². The maximum Gasteiger partial charge on any atom is 0.164 e. The molecule has 0 saturated carbocycles. The van der Waals surface area contributed by atoms with Gasteiger partial charge in [0.2, 0.25) is 0 Å². The minimum absolute atomic E-state index is 0.568. The molecule has 4 aromatic heterocycles. The lowest BCUT2D eigenvalue weighted by Gasteiger charge is -2.21. The molecule has 6 heteroatoms. The molecule has 13 aromatic rings. The Morgan fingerprint density at radius 2 is 0.889 bits per heavy atom. The van der Waals surface area contributed by atoms with E-state index in [0.717, 1.165) is 88.6 Å². The molecule has 0 aliphatic carbocycles. The molecule has 6 nitrogen and oxygen atoms in total. The fourth-order valence-corrected chi connectivity index (χ4v) is 9.45. The molecule has 0 amide bonds. The fraction of sp³-hybridized carbons (Fsp3) is 0. The number of para-hydroxylation sites is 3. The van der Waals surface area contributed by atoms with Crippen molar-refractivity contribution in [1.82, 2.24) is 24.5 Å². The average Bonchev–Trinajstić information content (AvgIpc) is 4.02. The first-order valence-corrected chi connectivity index (χ1v) is 21.2. The van der Waals surface area contributed by atoms with Gasteiger partial charge in [-0.05, 0) is 65.7 Å². The summed E-state index contributed by atoms with van der Waals surface area (Å²) < 4.78 is 8.82. The maximum absolute atomic E-state index is 6.35. The van der Waals surface area contributed by atoms with Crippen LogP contribution in [0.5, 0.6) is 0 Å². The van der Waals surface area contributed by atoms with E-state index >= 15 is 0 Å². The molecule has 0 atom stereocenters. The van der Waals surface area contributed by atoms with E-state index in [9.17, 15) is 0 Å². The van der Waals surface area contributed by atoms with Crippen LogP contribution in [0.3, 0.4) is 0 Å². The summed E-state index contributed by atoms with van der Waals surface area (Å²) in [5.41, 5.74) is 14.1. The Morgan fingerprint density at radius 1 is 0.333 bits per heavy atom. The van der Waals surface area contributed by atoms with Crippen molar-refractivity contribution >= 4 is 65.6 Å². The quantitative estimate of drug-likeness (QED) is 0.182. The smallest absolute Gasteiger partial charge is 0.164 e. The Bertz CT molecular complexity index is 3840. The van der Waals surface area contributed by atoms with Crippen molar-refractivity contribution in [3.05, 3.63) is 206 Å². The topological polar surface area (TPSA) is 72.5 Å². The summed E-state index contributed by atoms with van der Waals surface area (Å²) in [7, 11) is 0. The molecule has 0 bridgehead atoms. The summed E-state index contributed by atoms with van der Waals surface area (Å²) in [5.74, 6) is 1.74. The van der Waals surface area contributed by atoms with Crippen molar-refractivity contribution in [3.63, 3.8) is 0 Å². The summed E-state index contributed by atoms with van der Waals surface area (Å²) >= 11 is 0. The van der Waals surface area contributed by atoms with E-state index in [2.05, 4.69) is 161 Å². The number of nitrogens with zero attached hydrogens (tertiary/aromatic N) is 4. The van der Waals surface area contributed by atoms with E-state index in [1.54, 1.807) is 0 Å². The lowest BCUT2D eigenvalue weighted by Crippen LogP contribution is -2.04. The summed E-state index contributed by atoms with van der Waals surface area (Å²) in [6.07, 6.45) is 0. The van der Waals surface area contributed by atoms with Crippen LogP contribution in [0.15, 0.2) is 211 Å². The Labute approximate surface area is 361 Å². The Kier molecular flexibility index (Phi) is 7.80. The number of H-pyrrole nitrogens is 1. The lowest BCUT2D eigenvalue weighted by atomic mass is 9.92. The number of aromatic amines is 1. The Hall–Kier alpha value is -8.61. The third kappa shape index (κ3) is 5.69. The number of nitrogens with one attached hydrogen (secondary N) is 1. The highest BCUT2D eigenvalue weighted by Crippen LogP contribution is 2.45. The van der Waals surface area contributed by atoms with Gasteiger partial charge in [-0.25, -0.2) is 15.0 Å². The van der Waals surface area contributed by atoms with Gasteiger partial charge < -0.3 is 14.0 Å². The largest absolute Gasteiger partial charge is 0.456 e. The second-order valence-electron chi connectivity index (χ2n) is 16.1. The summed E-state index contributed by atoms with van der Waals surface area (Å²) in [6, 6.07) is 72.4. The van der Waals surface area contributed by atoms with E-state index in [1.807, 2.05) is 54.6 Å². The predicted octanol–water partition coefficient (Wildman–Crippen LogP) is 14.8. The molecule has 4 heterocycles. The molecule has 0 saturated heterocycles. The zero-order chi connectivity index (χ0) is 41.4. The van der Waals surface area contributed by atoms with Crippen LogP contribution in [0.4, 0.5) is 0 Å². The second-order valence-corrected chi connectivity index (χ2v) is 16.1. The molecule has 63 heavy (non-hydrogen) atoms. The van der Waals surface area contributed by atoms with Crippen LogP contribution < -0.4 is 0 Å². The predicted molar refractivity (Wildman–Crippen MR) is 258 cm³/mol. The first kappa shape index (κ1) is 35.2. The number of hydrogen-bond donors (Lipinski definition) is 1. The molecule has 0 spiro atoms. The number of rotatable bonds is 6. The number of aromatic nitrogens is 5. The lowest BCUT2D eigenvalue weighted by molar-refractivity contribution is 0.669. The van der Waals surface area contributed by atoms with Gasteiger partial charge in [0.15, 0.2) is 17.5 Å². The van der Waals surface area contributed by atoms with Gasteiger partial charge in [0, 0.05) is 71.2 Å². The molecule has 0 aliphatic rings. The molecule has 0 radical (unpaired) electrons. The molecule has 9 aromatic carbocycles. The Balaban J connectivity index is 1.12. The first-order chi connectivity index (χ1) is 31.2. The second kappa shape index (κ2) is 14.0. The van der Waals surface area contributed by atoms with E-state index < -0.39 is 0 Å². The van der Waals surface area contributed by atoms with Crippen molar-refractivity contribution in [2.75, 3.05) is 0 Å². The number of fused-ring (bicyclic) bond motifs is 9. The van der Waals surface area contributed by atoms with E-state index in [-0.39, 0.29) is 0 Å². The molecule has 294 valence electrons.